The fourth-order valence-corrected chi connectivity index (χ4v) is 1.84. The third kappa shape index (κ3) is 3.55. The third-order valence-electron chi connectivity index (χ3n) is 3.01. The van der Waals surface area contributed by atoms with E-state index in [1.807, 2.05) is 18.2 Å². The van der Waals surface area contributed by atoms with Gasteiger partial charge in [-0.1, -0.05) is 6.07 Å². The van der Waals surface area contributed by atoms with E-state index in [4.69, 9.17) is 5.11 Å². The van der Waals surface area contributed by atoms with E-state index in [0.717, 1.165) is 18.5 Å². The lowest BCUT2D eigenvalue weighted by molar-refractivity contribution is -0.142. The van der Waals surface area contributed by atoms with E-state index < -0.39 is 12.0 Å². The number of aryl methyl sites for hydroxylation is 1. The molecule has 0 aromatic carbocycles. The van der Waals surface area contributed by atoms with Gasteiger partial charge >= 0.3 is 5.97 Å². The number of amides is 1. The van der Waals surface area contributed by atoms with Crippen LogP contribution in [0, 0.1) is 5.92 Å². The van der Waals surface area contributed by atoms with Crippen LogP contribution in [0.2, 0.25) is 0 Å². The molecule has 5 heteroatoms. The highest BCUT2D eigenvalue weighted by molar-refractivity contribution is 5.84. The molecular formula is C13H16N2O3. The average molecular weight is 248 g/mol. The molecule has 1 unspecified atom stereocenters. The predicted molar refractivity (Wildman–Crippen MR) is 64.8 cm³/mol. The van der Waals surface area contributed by atoms with Gasteiger partial charge in [0.25, 0.3) is 0 Å². The van der Waals surface area contributed by atoms with Gasteiger partial charge in [0.1, 0.15) is 6.04 Å². The Morgan fingerprint density at radius 1 is 1.44 bits per heavy atom. The Morgan fingerprint density at radius 2 is 2.22 bits per heavy atom. The molecule has 1 aliphatic carbocycles. The molecule has 1 atom stereocenters. The van der Waals surface area contributed by atoms with E-state index in [1.165, 1.54) is 0 Å². The fourth-order valence-electron chi connectivity index (χ4n) is 1.84. The second-order valence-electron chi connectivity index (χ2n) is 4.54. The van der Waals surface area contributed by atoms with Crippen molar-refractivity contribution in [3.63, 3.8) is 0 Å². The molecule has 0 saturated heterocycles. The van der Waals surface area contributed by atoms with Crippen LogP contribution in [0.5, 0.6) is 0 Å². The maximum absolute atomic E-state index is 11.7. The van der Waals surface area contributed by atoms with Crippen molar-refractivity contribution in [2.75, 3.05) is 0 Å². The highest BCUT2D eigenvalue weighted by atomic mass is 16.4. The standard InChI is InChI=1S/C13H16N2O3/c16-11(7-6-10-3-1-2-8-14-10)15-12(13(17)18)9-4-5-9/h1-3,8-9,12H,4-7H2,(H,15,16)(H,17,18). The van der Waals surface area contributed by atoms with E-state index in [-0.39, 0.29) is 18.2 Å². The maximum atomic E-state index is 11.7. The lowest BCUT2D eigenvalue weighted by Gasteiger charge is -2.13. The molecule has 0 spiro atoms. The highest BCUT2D eigenvalue weighted by Crippen LogP contribution is 2.32. The molecule has 2 N–H and O–H groups in total. The van der Waals surface area contributed by atoms with Crippen LogP contribution in [-0.4, -0.2) is 28.0 Å². The lowest BCUT2D eigenvalue weighted by atomic mass is 10.1. The van der Waals surface area contributed by atoms with Gasteiger partial charge in [0.2, 0.25) is 5.91 Å². The van der Waals surface area contributed by atoms with E-state index in [2.05, 4.69) is 10.3 Å². The molecule has 96 valence electrons. The number of pyridine rings is 1. The van der Waals surface area contributed by atoms with Crippen molar-refractivity contribution in [1.82, 2.24) is 10.3 Å². The molecule has 1 aromatic rings. The molecule has 0 radical (unpaired) electrons. The van der Waals surface area contributed by atoms with Gasteiger partial charge in [-0.25, -0.2) is 4.79 Å². The molecule has 2 rings (SSSR count). The van der Waals surface area contributed by atoms with Crippen LogP contribution in [0.25, 0.3) is 0 Å². The summed E-state index contributed by atoms with van der Waals surface area (Å²) < 4.78 is 0. The number of carboxylic acids is 1. The molecule has 1 aromatic heterocycles. The van der Waals surface area contributed by atoms with Gasteiger partial charge in [-0.05, 0) is 37.3 Å². The van der Waals surface area contributed by atoms with E-state index in [9.17, 15) is 9.59 Å². The molecule has 0 aliphatic heterocycles. The zero-order chi connectivity index (χ0) is 13.0. The van der Waals surface area contributed by atoms with E-state index in [1.54, 1.807) is 6.20 Å². The largest absolute Gasteiger partial charge is 0.480 e. The lowest BCUT2D eigenvalue weighted by Crippen LogP contribution is -2.42. The summed E-state index contributed by atoms with van der Waals surface area (Å²) in [5.74, 6) is -1.05. The number of carboxylic acid groups (broad SMARTS) is 1. The maximum Gasteiger partial charge on any atom is 0.326 e. The first-order chi connectivity index (χ1) is 8.66. The SMILES string of the molecule is O=C(CCc1ccccn1)NC(C(=O)O)C1CC1. The number of carbonyl (C=O) groups excluding carboxylic acids is 1. The van der Waals surface area contributed by atoms with Crippen molar-refractivity contribution in [2.45, 2.75) is 31.7 Å². The van der Waals surface area contributed by atoms with Gasteiger partial charge in [0.15, 0.2) is 0 Å². The zero-order valence-electron chi connectivity index (χ0n) is 10.0. The summed E-state index contributed by atoms with van der Waals surface area (Å²) in [7, 11) is 0. The monoisotopic (exact) mass is 248 g/mol. The summed E-state index contributed by atoms with van der Waals surface area (Å²) in [6, 6.07) is 4.81. The normalized spacial score (nSPS) is 16.0. The topological polar surface area (TPSA) is 79.3 Å². The second kappa shape index (κ2) is 5.62. The Labute approximate surface area is 105 Å². The number of aromatic nitrogens is 1. The summed E-state index contributed by atoms with van der Waals surface area (Å²) in [5, 5.41) is 11.6. The van der Waals surface area contributed by atoms with E-state index in [0.29, 0.717) is 6.42 Å². The minimum atomic E-state index is -0.941. The number of nitrogens with zero attached hydrogens (tertiary/aromatic N) is 1. The van der Waals surface area contributed by atoms with Crippen LogP contribution in [-0.2, 0) is 16.0 Å². The Morgan fingerprint density at radius 3 is 2.78 bits per heavy atom. The smallest absolute Gasteiger partial charge is 0.326 e. The van der Waals surface area contributed by atoms with Crippen molar-refractivity contribution in [3.8, 4) is 0 Å². The second-order valence-corrected chi connectivity index (χ2v) is 4.54. The molecule has 1 saturated carbocycles. The Hall–Kier alpha value is -1.91. The van der Waals surface area contributed by atoms with Crippen molar-refractivity contribution in [1.29, 1.82) is 0 Å². The van der Waals surface area contributed by atoms with Gasteiger partial charge in [-0.15, -0.1) is 0 Å². The van der Waals surface area contributed by atoms with Crippen LogP contribution in [0.1, 0.15) is 25.0 Å². The van der Waals surface area contributed by atoms with Gasteiger partial charge in [0.05, 0.1) is 0 Å². The Kier molecular flexibility index (Phi) is 3.92. The van der Waals surface area contributed by atoms with Crippen LogP contribution in [0.4, 0.5) is 0 Å². The van der Waals surface area contributed by atoms with E-state index >= 15 is 0 Å². The average Bonchev–Trinajstić information content (AvgIpc) is 3.18. The minimum Gasteiger partial charge on any atom is -0.480 e. The van der Waals surface area contributed by atoms with Crippen molar-refractivity contribution in [3.05, 3.63) is 30.1 Å². The highest BCUT2D eigenvalue weighted by Gasteiger charge is 2.37. The summed E-state index contributed by atoms with van der Waals surface area (Å²) in [5.41, 5.74) is 0.839. The van der Waals surface area contributed by atoms with Gasteiger partial charge in [-0.3, -0.25) is 9.78 Å². The van der Waals surface area contributed by atoms with Gasteiger partial charge < -0.3 is 10.4 Å². The Bertz CT molecular complexity index is 429. The van der Waals surface area contributed by atoms with Crippen LogP contribution in [0.3, 0.4) is 0 Å². The first-order valence-electron chi connectivity index (χ1n) is 6.09. The summed E-state index contributed by atoms with van der Waals surface area (Å²) in [6.07, 6.45) is 4.25. The molecule has 1 aliphatic rings. The van der Waals surface area contributed by atoms with Crippen molar-refractivity contribution >= 4 is 11.9 Å². The predicted octanol–water partition coefficient (Wildman–Crippen LogP) is 0.994. The first-order valence-corrected chi connectivity index (χ1v) is 6.09. The summed E-state index contributed by atoms with van der Waals surface area (Å²) in [4.78, 5) is 26.7. The molecular weight excluding hydrogens is 232 g/mol. The van der Waals surface area contributed by atoms with Crippen molar-refractivity contribution in [2.24, 2.45) is 5.92 Å². The zero-order valence-corrected chi connectivity index (χ0v) is 10.0. The fraction of sp³-hybridized carbons (Fsp3) is 0.462. The third-order valence-corrected chi connectivity index (χ3v) is 3.01. The van der Waals surface area contributed by atoms with Crippen LogP contribution in [0.15, 0.2) is 24.4 Å². The molecule has 18 heavy (non-hydrogen) atoms. The number of carbonyl (C=O) groups is 2. The summed E-state index contributed by atoms with van der Waals surface area (Å²) in [6.45, 7) is 0. The minimum absolute atomic E-state index is 0.112. The first kappa shape index (κ1) is 12.5. The number of hydrogen-bond acceptors (Lipinski definition) is 3. The molecule has 1 heterocycles. The number of nitrogens with one attached hydrogen (secondary N) is 1. The number of aliphatic carboxylic acids is 1. The quantitative estimate of drug-likeness (QED) is 0.787. The number of hydrogen-bond donors (Lipinski definition) is 2. The van der Waals surface area contributed by atoms with Crippen LogP contribution < -0.4 is 5.32 Å². The molecule has 0 bridgehead atoms. The molecule has 1 fully saturated rings. The van der Waals surface area contributed by atoms with Crippen LogP contribution >= 0.6 is 0 Å². The van der Waals surface area contributed by atoms with Gasteiger partial charge in [0, 0.05) is 18.3 Å². The molecule has 5 nitrogen and oxygen atoms in total. The number of rotatable bonds is 6. The van der Waals surface area contributed by atoms with Gasteiger partial charge in [-0.2, -0.15) is 0 Å². The van der Waals surface area contributed by atoms with Crippen molar-refractivity contribution < 1.29 is 14.7 Å². The Balaban J connectivity index is 1.79. The summed E-state index contributed by atoms with van der Waals surface area (Å²) >= 11 is 0. The molecule has 1 amide bonds.